The molecule has 0 aliphatic carbocycles. The van der Waals surface area contributed by atoms with Gasteiger partial charge in [-0.15, -0.1) is 0 Å². The number of pyridine rings is 1. The van der Waals surface area contributed by atoms with Gasteiger partial charge in [0, 0.05) is 11.8 Å². The van der Waals surface area contributed by atoms with E-state index < -0.39 is 0 Å². The summed E-state index contributed by atoms with van der Waals surface area (Å²) in [6, 6.07) is 1.89. The Kier molecular flexibility index (Phi) is 6.30. The zero-order valence-corrected chi connectivity index (χ0v) is 10.2. The van der Waals surface area contributed by atoms with Crippen molar-refractivity contribution >= 4 is 11.6 Å². The van der Waals surface area contributed by atoms with Gasteiger partial charge in [0.1, 0.15) is 0 Å². The lowest BCUT2D eigenvalue weighted by Crippen LogP contribution is -1.96. The van der Waals surface area contributed by atoms with Crippen molar-refractivity contribution in [2.75, 3.05) is 7.11 Å². The van der Waals surface area contributed by atoms with Gasteiger partial charge in [0.15, 0.2) is 0 Å². The Balaban J connectivity index is 0.000000791. The molecule has 0 unspecified atom stereocenters. The van der Waals surface area contributed by atoms with E-state index in [4.69, 9.17) is 16.3 Å². The molecule has 0 spiro atoms. The highest BCUT2D eigenvalue weighted by Crippen LogP contribution is 2.26. The zero-order valence-electron chi connectivity index (χ0n) is 9.47. The highest BCUT2D eigenvalue weighted by molar-refractivity contribution is 6.30. The van der Waals surface area contributed by atoms with Crippen LogP contribution < -0.4 is 4.74 Å². The van der Waals surface area contributed by atoms with Crippen molar-refractivity contribution in [1.29, 1.82) is 0 Å². The Labute approximate surface area is 91.3 Å². The standard InChI is InChI=1S/C9H12ClNO.C2H6/c1-6(2)8-4-7(10)5-11-9(8)12-3;1-2/h4-6H,1-3H3;1-2H3. The topological polar surface area (TPSA) is 22.1 Å². The van der Waals surface area contributed by atoms with Crippen molar-refractivity contribution in [3.05, 3.63) is 22.8 Å². The summed E-state index contributed by atoms with van der Waals surface area (Å²) in [4.78, 5) is 4.06. The molecule has 1 heterocycles. The second-order valence-corrected chi connectivity index (χ2v) is 3.34. The fourth-order valence-corrected chi connectivity index (χ4v) is 1.19. The molecule has 0 atom stereocenters. The number of hydrogen-bond donors (Lipinski definition) is 0. The molecule has 1 aromatic rings. The first-order valence-corrected chi connectivity index (χ1v) is 5.22. The summed E-state index contributed by atoms with van der Waals surface area (Å²) in [7, 11) is 1.61. The van der Waals surface area contributed by atoms with Crippen LogP contribution in [0.1, 0.15) is 39.2 Å². The maximum atomic E-state index is 5.80. The monoisotopic (exact) mass is 215 g/mol. The number of aromatic nitrogens is 1. The van der Waals surface area contributed by atoms with Crippen LogP contribution in [0.3, 0.4) is 0 Å². The van der Waals surface area contributed by atoms with Crippen LogP contribution in [-0.4, -0.2) is 12.1 Å². The first-order chi connectivity index (χ1) is 6.65. The van der Waals surface area contributed by atoms with E-state index >= 15 is 0 Å². The number of hydrogen-bond acceptors (Lipinski definition) is 2. The Morgan fingerprint density at radius 1 is 1.36 bits per heavy atom. The summed E-state index contributed by atoms with van der Waals surface area (Å²) < 4.78 is 5.09. The molecule has 14 heavy (non-hydrogen) atoms. The maximum Gasteiger partial charge on any atom is 0.216 e. The molecule has 0 aliphatic rings. The zero-order chi connectivity index (χ0) is 11.1. The predicted molar refractivity (Wildman–Crippen MR) is 61.2 cm³/mol. The van der Waals surface area contributed by atoms with Crippen molar-refractivity contribution in [1.82, 2.24) is 4.98 Å². The lowest BCUT2D eigenvalue weighted by Gasteiger charge is -2.09. The first-order valence-electron chi connectivity index (χ1n) is 4.84. The van der Waals surface area contributed by atoms with E-state index in [1.54, 1.807) is 13.3 Å². The van der Waals surface area contributed by atoms with Gasteiger partial charge in [-0.3, -0.25) is 0 Å². The molecular weight excluding hydrogens is 198 g/mol. The maximum absolute atomic E-state index is 5.80. The highest BCUT2D eigenvalue weighted by Gasteiger charge is 2.08. The summed E-state index contributed by atoms with van der Waals surface area (Å²) >= 11 is 5.80. The van der Waals surface area contributed by atoms with Gasteiger partial charge < -0.3 is 4.74 Å². The smallest absolute Gasteiger partial charge is 0.216 e. The summed E-state index contributed by atoms with van der Waals surface area (Å²) in [6.07, 6.45) is 1.59. The van der Waals surface area contributed by atoms with Gasteiger partial charge in [-0.05, 0) is 12.0 Å². The van der Waals surface area contributed by atoms with Crippen LogP contribution >= 0.6 is 11.6 Å². The van der Waals surface area contributed by atoms with Gasteiger partial charge in [-0.2, -0.15) is 0 Å². The molecule has 0 radical (unpaired) electrons. The van der Waals surface area contributed by atoms with Crippen LogP contribution in [0.25, 0.3) is 0 Å². The van der Waals surface area contributed by atoms with E-state index in [0.29, 0.717) is 16.8 Å². The van der Waals surface area contributed by atoms with Crippen LogP contribution in [-0.2, 0) is 0 Å². The minimum atomic E-state index is 0.381. The second kappa shape index (κ2) is 6.66. The van der Waals surface area contributed by atoms with Gasteiger partial charge >= 0.3 is 0 Å². The van der Waals surface area contributed by atoms with Crippen molar-refractivity contribution < 1.29 is 4.74 Å². The van der Waals surface area contributed by atoms with E-state index in [1.165, 1.54) is 0 Å². The van der Waals surface area contributed by atoms with Crippen molar-refractivity contribution in [2.24, 2.45) is 0 Å². The number of rotatable bonds is 2. The fourth-order valence-electron chi connectivity index (χ4n) is 1.03. The second-order valence-electron chi connectivity index (χ2n) is 2.91. The molecule has 3 heteroatoms. The Hall–Kier alpha value is -0.760. The van der Waals surface area contributed by atoms with Crippen LogP contribution in [0.5, 0.6) is 5.88 Å². The van der Waals surface area contributed by atoms with E-state index in [-0.39, 0.29) is 0 Å². The van der Waals surface area contributed by atoms with E-state index in [0.717, 1.165) is 5.56 Å². The number of nitrogens with zero attached hydrogens (tertiary/aromatic N) is 1. The summed E-state index contributed by atoms with van der Waals surface area (Å²) in [6.45, 7) is 8.16. The highest BCUT2D eigenvalue weighted by atomic mass is 35.5. The molecule has 0 fully saturated rings. The number of ether oxygens (including phenoxy) is 1. The molecular formula is C11H18ClNO. The van der Waals surface area contributed by atoms with Crippen molar-refractivity contribution in [2.45, 2.75) is 33.6 Å². The minimum absolute atomic E-state index is 0.381. The van der Waals surface area contributed by atoms with E-state index in [2.05, 4.69) is 18.8 Å². The summed E-state index contributed by atoms with van der Waals surface area (Å²) in [5.41, 5.74) is 1.05. The Morgan fingerprint density at radius 3 is 2.36 bits per heavy atom. The van der Waals surface area contributed by atoms with Gasteiger partial charge in [0.25, 0.3) is 0 Å². The molecule has 0 aliphatic heterocycles. The lowest BCUT2D eigenvalue weighted by molar-refractivity contribution is 0.390. The lowest BCUT2D eigenvalue weighted by atomic mass is 10.1. The Bertz CT molecular complexity index is 274. The third-order valence-electron chi connectivity index (χ3n) is 1.66. The van der Waals surface area contributed by atoms with Gasteiger partial charge in [0.2, 0.25) is 5.88 Å². The molecule has 1 rings (SSSR count). The predicted octanol–water partition coefficient (Wildman–Crippen LogP) is 3.89. The Morgan fingerprint density at radius 2 is 1.93 bits per heavy atom. The first kappa shape index (κ1) is 13.2. The fraction of sp³-hybridized carbons (Fsp3) is 0.545. The number of halogens is 1. The third kappa shape index (κ3) is 3.54. The molecule has 2 nitrogen and oxygen atoms in total. The molecule has 1 aromatic heterocycles. The molecule has 0 saturated carbocycles. The largest absolute Gasteiger partial charge is 0.481 e. The minimum Gasteiger partial charge on any atom is -0.481 e. The average molecular weight is 216 g/mol. The SMILES string of the molecule is CC.COc1ncc(Cl)cc1C(C)C. The van der Waals surface area contributed by atoms with Crippen LogP contribution in [0.15, 0.2) is 12.3 Å². The normalized spacial score (nSPS) is 9.36. The van der Waals surface area contributed by atoms with E-state index in [9.17, 15) is 0 Å². The van der Waals surface area contributed by atoms with E-state index in [1.807, 2.05) is 19.9 Å². The van der Waals surface area contributed by atoms with Crippen molar-refractivity contribution in [3.8, 4) is 5.88 Å². The van der Waals surface area contributed by atoms with Crippen LogP contribution in [0.4, 0.5) is 0 Å². The molecule has 0 amide bonds. The summed E-state index contributed by atoms with van der Waals surface area (Å²) in [5.74, 6) is 1.04. The number of methoxy groups -OCH3 is 1. The molecule has 0 aromatic carbocycles. The average Bonchev–Trinajstić information content (AvgIpc) is 2.20. The van der Waals surface area contributed by atoms with Gasteiger partial charge in [-0.25, -0.2) is 4.98 Å². The third-order valence-corrected chi connectivity index (χ3v) is 1.87. The molecule has 0 bridgehead atoms. The molecule has 80 valence electrons. The summed E-state index contributed by atoms with van der Waals surface area (Å²) in [5, 5.41) is 0.652. The molecule has 0 N–H and O–H groups in total. The van der Waals surface area contributed by atoms with Crippen molar-refractivity contribution in [3.63, 3.8) is 0 Å². The van der Waals surface area contributed by atoms with Gasteiger partial charge in [-0.1, -0.05) is 39.3 Å². The molecule has 0 saturated heterocycles. The van der Waals surface area contributed by atoms with Crippen LogP contribution in [0, 0.1) is 0 Å². The van der Waals surface area contributed by atoms with Crippen LogP contribution in [0.2, 0.25) is 5.02 Å². The quantitative estimate of drug-likeness (QED) is 0.747. The van der Waals surface area contributed by atoms with Gasteiger partial charge in [0.05, 0.1) is 12.1 Å².